The summed E-state index contributed by atoms with van der Waals surface area (Å²) >= 11 is 1.90. The molecule has 0 atom stereocenters. The minimum Gasteiger partial charge on any atom is -0.478 e. The molecule has 7 heteroatoms. The van der Waals surface area contributed by atoms with E-state index in [0.29, 0.717) is 37.5 Å². The zero-order chi connectivity index (χ0) is 20.0. The summed E-state index contributed by atoms with van der Waals surface area (Å²) in [5.74, 6) is 0.430. The van der Waals surface area contributed by atoms with Gasteiger partial charge < -0.3 is 14.6 Å². The SMILES string of the molecule is CCCc1ccc(CN2CCC(O)(c3cnc(OCC)nc3OCC)CC2)s1. The number of aromatic nitrogens is 2. The first-order chi connectivity index (χ1) is 13.6. The molecule has 3 rings (SSSR count). The maximum absolute atomic E-state index is 11.3. The smallest absolute Gasteiger partial charge is 0.319 e. The average molecular weight is 406 g/mol. The van der Waals surface area contributed by atoms with Gasteiger partial charge in [0.05, 0.1) is 24.4 Å². The van der Waals surface area contributed by atoms with Gasteiger partial charge in [-0.25, -0.2) is 4.98 Å². The molecule has 1 aliphatic heterocycles. The third-order valence-electron chi connectivity index (χ3n) is 5.06. The highest BCUT2D eigenvalue weighted by molar-refractivity contribution is 7.11. The molecule has 0 bridgehead atoms. The third kappa shape index (κ3) is 5.01. The lowest BCUT2D eigenvalue weighted by Gasteiger charge is -2.38. The highest BCUT2D eigenvalue weighted by Crippen LogP contribution is 2.38. The van der Waals surface area contributed by atoms with Gasteiger partial charge in [-0.15, -0.1) is 11.3 Å². The van der Waals surface area contributed by atoms with Crippen molar-refractivity contribution in [1.82, 2.24) is 14.9 Å². The molecule has 6 nitrogen and oxygen atoms in total. The summed E-state index contributed by atoms with van der Waals surface area (Å²) in [5.41, 5.74) is -0.298. The lowest BCUT2D eigenvalue weighted by Crippen LogP contribution is -2.42. The van der Waals surface area contributed by atoms with Gasteiger partial charge in [0.15, 0.2) is 0 Å². The van der Waals surface area contributed by atoms with E-state index in [0.717, 1.165) is 26.1 Å². The Balaban J connectivity index is 1.66. The van der Waals surface area contributed by atoms with Gasteiger partial charge in [-0.05, 0) is 45.2 Å². The van der Waals surface area contributed by atoms with Crippen LogP contribution >= 0.6 is 11.3 Å². The van der Waals surface area contributed by atoms with Crippen LogP contribution in [0.4, 0.5) is 0 Å². The molecule has 0 saturated carbocycles. The minimum atomic E-state index is -0.964. The zero-order valence-electron chi connectivity index (χ0n) is 17.1. The molecular formula is C21H31N3O3S. The monoisotopic (exact) mass is 405 g/mol. The average Bonchev–Trinajstić information content (AvgIpc) is 3.12. The number of piperidine rings is 1. The van der Waals surface area contributed by atoms with Gasteiger partial charge in [-0.3, -0.25) is 4.90 Å². The minimum absolute atomic E-state index is 0.288. The molecule has 2 aromatic heterocycles. The van der Waals surface area contributed by atoms with Crippen molar-refractivity contribution in [1.29, 1.82) is 0 Å². The topological polar surface area (TPSA) is 67.7 Å². The summed E-state index contributed by atoms with van der Waals surface area (Å²) in [5, 5.41) is 11.3. The normalized spacial score (nSPS) is 16.9. The van der Waals surface area contributed by atoms with Crippen LogP contribution in [0.5, 0.6) is 11.9 Å². The first-order valence-electron chi connectivity index (χ1n) is 10.2. The van der Waals surface area contributed by atoms with E-state index in [4.69, 9.17) is 9.47 Å². The van der Waals surface area contributed by atoms with Crippen LogP contribution in [0.15, 0.2) is 18.3 Å². The molecule has 0 amide bonds. The van der Waals surface area contributed by atoms with E-state index in [9.17, 15) is 5.11 Å². The lowest BCUT2D eigenvalue weighted by molar-refractivity contribution is -0.0301. The van der Waals surface area contributed by atoms with Gasteiger partial charge in [0.25, 0.3) is 0 Å². The van der Waals surface area contributed by atoms with Crippen LogP contribution in [0.1, 0.15) is 55.4 Å². The number of aliphatic hydroxyl groups is 1. The van der Waals surface area contributed by atoms with Gasteiger partial charge in [-0.2, -0.15) is 4.98 Å². The lowest BCUT2D eigenvalue weighted by atomic mass is 9.85. The van der Waals surface area contributed by atoms with E-state index in [-0.39, 0.29) is 6.01 Å². The van der Waals surface area contributed by atoms with E-state index < -0.39 is 5.60 Å². The Morgan fingerprint density at radius 2 is 1.82 bits per heavy atom. The number of thiophene rings is 1. The molecule has 154 valence electrons. The summed E-state index contributed by atoms with van der Waals surface area (Å²) in [4.78, 5) is 13.9. The van der Waals surface area contributed by atoms with Gasteiger partial charge in [0.2, 0.25) is 5.88 Å². The predicted octanol–water partition coefficient (Wildman–Crippen LogP) is 3.77. The summed E-state index contributed by atoms with van der Waals surface area (Å²) in [6.07, 6.45) is 5.27. The molecule has 0 aliphatic carbocycles. The Bertz CT molecular complexity index is 757. The third-order valence-corrected chi connectivity index (χ3v) is 6.19. The van der Waals surface area contributed by atoms with Gasteiger partial charge in [0.1, 0.15) is 0 Å². The molecular weight excluding hydrogens is 374 g/mol. The Labute approximate surface area is 171 Å². The summed E-state index contributed by atoms with van der Waals surface area (Å²) in [7, 11) is 0. The Morgan fingerprint density at radius 1 is 1.11 bits per heavy atom. The van der Waals surface area contributed by atoms with Gasteiger partial charge in [0, 0.05) is 35.6 Å². The Morgan fingerprint density at radius 3 is 2.50 bits per heavy atom. The molecule has 0 aromatic carbocycles. The number of ether oxygens (including phenoxy) is 2. The van der Waals surface area contributed by atoms with Crippen molar-refractivity contribution in [3.05, 3.63) is 33.6 Å². The van der Waals surface area contributed by atoms with Crippen LogP contribution in [0.3, 0.4) is 0 Å². The zero-order valence-corrected chi connectivity index (χ0v) is 17.9. The first kappa shape index (κ1) is 21.0. The number of aryl methyl sites for hydroxylation is 1. The molecule has 1 fully saturated rings. The molecule has 0 unspecified atom stereocenters. The van der Waals surface area contributed by atoms with Crippen molar-refractivity contribution in [2.24, 2.45) is 0 Å². The Hall–Kier alpha value is -1.70. The molecule has 3 heterocycles. The highest BCUT2D eigenvalue weighted by atomic mass is 32.1. The van der Waals surface area contributed by atoms with E-state index in [2.05, 4.69) is 33.9 Å². The highest BCUT2D eigenvalue weighted by Gasteiger charge is 2.37. The molecule has 1 N–H and O–H groups in total. The standard InChI is InChI=1S/C21H31N3O3S/c1-4-7-16-8-9-17(28-16)15-24-12-10-21(25,11-13-24)18-14-22-20(27-6-3)23-19(18)26-5-2/h8-9,14,25H,4-7,10-13,15H2,1-3H3. The van der Waals surface area contributed by atoms with Crippen molar-refractivity contribution in [3.63, 3.8) is 0 Å². The fourth-order valence-electron chi connectivity index (χ4n) is 3.57. The van der Waals surface area contributed by atoms with Crippen LogP contribution in [0.2, 0.25) is 0 Å². The van der Waals surface area contributed by atoms with E-state index in [1.807, 2.05) is 25.2 Å². The molecule has 28 heavy (non-hydrogen) atoms. The van der Waals surface area contributed by atoms with Crippen molar-refractivity contribution < 1.29 is 14.6 Å². The second kappa shape index (κ2) is 9.67. The Kier molecular flexibility index (Phi) is 7.26. The van der Waals surface area contributed by atoms with Gasteiger partial charge >= 0.3 is 6.01 Å². The van der Waals surface area contributed by atoms with Crippen LogP contribution in [0.25, 0.3) is 0 Å². The second-order valence-corrected chi connectivity index (χ2v) is 8.42. The fourth-order valence-corrected chi connectivity index (χ4v) is 4.74. The van der Waals surface area contributed by atoms with Crippen molar-refractivity contribution in [2.75, 3.05) is 26.3 Å². The van der Waals surface area contributed by atoms with E-state index >= 15 is 0 Å². The maximum Gasteiger partial charge on any atom is 0.319 e. The van der Waals surface area contributed by atoms with Crippen LogP contribution in [-0.2, 0) is 18.6 Å². The maximum atomic E-state index is 11.3. The van der Waals surface area contributed by atoms with Crippen molar-refractivity contribution in [2.45, 2.75) is 58.6 Å². The number of hydrogen-bond acceptors (Lipinski definition) is 7. The number of rotatable bonds is 9. The number of hydrogen-bond donors (Lipinski definition) is 1. The molecule has 0 radical (unpaired) electrons. The second-order valence-electron chi connectivity index (χ2n) is 7.16. The van der Waals surface area contributed by atoms with E-state index in [1.165, 1.54) is 16.2 Å². The predicted molar refractivity (Wildman–Crippen MR) is 111 cm³/mol. The largest absolute Gasteiger partial charge is 0.478 e. The molecule has 1 saturated heterocycles. The fraction of sp³-hybridized carbons (Fsp3) is 0.619. The summed E-state index contributed by atoms with van der Waals surface area (Å²) < 4.78 is 11.1. The summed E-state index contributed by atoms with van der Waals surface area (Å²) in [6, 6.07) is 4.77. The quantitative estimate of drug-likeness (QED) is 0.685. The van der Waals surface area contributed by atoms with Crippen molar-refractivity contribution in [3.8, 4) is 11.9 Å². The number of likely N-dealkylation sites (tertiary alicyclic amines) is 1. The molecule has 2 aromatic rings. The number of nitrogens with zero attached hydrogens (tertiary/aromatic N) is 3. The van der Waals surface area contributed by atoms with Crippen LogP contribution in [-0.4, -0.2) is 46.3 Å². The molecule has 0 spiro atoms. The van der Waals surface area contributed by atoms with Crippen LogP contribution in [0, 0.1) is 0 Å². The van der Waals surface area contributed by atoms with Crippen LogP contribution < -0.4 is 9.47 Å². The van der Waals surface area contributed by atoms with Gasteiger partial charge in [-0.1, -0.05) is 13.3 Å². The molecule has 1 aliphatic rings. The summed E-state index contributed by atoms with van der Waals surface area (Å²) in [6.45, 7) is 9.59. The van der Waals surface area contributed by atoms with E-state index in [1.54, 1.807) is 6.20 Å². The van der Waals surface area contributed by atoms with Crippen molar-refractivity contribution >= 4 is 11.3 Å². The first-order valence-corrected chi connectivity index (χ1v) is 11.0.